The average Bonchev–Trinajstić information content (AvgIpc) is 3.37. The number of nitriles is 1. The molecule has 3 aliphatic rings. The summed E-state index contributed by atoms with van der Waals surface area (Å²) in [5, 5.41) is 10.4. The summed E-state index contributed by atoms with van der Waals surface area (Å²) in [6, 6.07) is 22.4. The first-order valence-corrected chi connectivity index (χ1v) is 11.2. The summed E-state index contributed by atoms with van der Waals surface area (Å²) < 4.78 is 0. The van der Waals surface area contributed by atoms with Gasteiger partial charge in [0, 0.05) is 19.0 Å². The first-order valence-electron chi connectivity index (χ1n) is 11.2. The van der Waals surface area contributed by atoms with Crippen molar-refractivity contribution in [2.75, 3.05) is 11.4 Å². The van der Waals surface area contributed by atoms with Gasteiger partial charge in [-0.25, -0.2) is 0 Å². The zero-order chi connectivity index (χ0) is 20.8. The zero-order valence-electron chi connectivity index (χ0n) is 17.5. The minimum atomic E-state index is 0.171. The van der Waals surface area contributed by atoms with Gasteiger partial charge in [0.25, 0.3) is 0 Å². The van der Waals surface area contributed by atoms with Crippen LogP contribution in [0.1, 0.15) is 39.3 Å². The molecule has 0 fully saturated rings. The Morgan fingerprint density at radius 3 is 2.35 bits per heavy atom. The van der Waals surface area contributed by atoms with Crippen molar-refractivity contribution >= 4 is 5.69 Å². The molecule has 3 aromatic rings. The van der Waals surface area contributed by atoms with E-state index in [0.29, 0.717) is 0 Å². The number of fused-ring (bicyclic) bond motifs is 4. The molecule has 0 atom stereocenters. The molecular formula is C29H24N2. The molecule has 6 rings (SSSR count). The van der Waals surface area contributed by atoms with Crippen LogP contribution in [0.5, 0.6) is 0 Å². The minimum absolute atomic E-state index is 0.171. The monoisotopic (exact) mass is 400 g/mol. The van der Waals surface area contributed by atoms with Gasteiger partial charge in [-0.3, -0.25) is 0 Å². The minimum Gasteiger partial charge on any atom is -0.366 e. The molecule has 0 saturated heterocycles. The summed E-state index contributed by atoms with van der Waals surface area (Å²) in [6.07, 6.45) is 11.6. The van der Waals surface area contributed by atoms with Crippen LogP contribution in [0.15, 0.2) is 78.9 Å². The second-order valence-corrected chi connectivity index (χ2v) is 8.72. The topological polar surface area (TPSA) is 27.0 Å². The summed E-state index contributed by atoms with van der Waals surface area (Å²) in [5.74, 6) is 0.171. The molecule has 3 aromatic carbocycles. The second kappa shape index (κ2) is 7.29. The van der Waals surface area contributed by atoms with Gasteiger partial charge in [-0.05, 0) is 64.3 Å². The molecule has 0 aromatic heterocycles. The fourth-order valence-electron chi connectivity index (χ4n) is 5.54. The molecule has 1 heterocycles. The van der Waals surface area contributed by atoms with Gasteiger partial charge in [0.05, 0.1) is 11.3 Å². The van der Waals surface area contributed by atoms with E-state index in [1.165, 1.54) is 39.1 Å². The third-order valence-corrected chi connectivity index (χ3v) is 7.05. The summed E-state index contributed by atoms with van der Waals surface area (Å²) >= 11 is 0. The fraction of sp³-hybridized carbons (Fsp3) is 0.207. The Bertz CT molecular complexity index is 1280. The molecule has 2 aliphatic carbocycles. The Hall–Kier alpha value is -3.57. The lowest BCUT2D eigenvalue weighted by atomic mass is 9.79. The fourth-order valence-corrected chi connectivity index (χ4v) is 5.54. The largest absolute Gasteiger partial charge is 0.366 e. The number of hydrogen-bond acceptors (Lipinski definition) is 2. The van der Waals surface area contributed by atoms with Crippen molar-refractivity contribution in [1.29, 1.82) is 5.26 Å². The number of allylic oxidation sites excluding steroid dienone is 4. The van der Waals surface area contributed by atoms with Gasteiger partial charge >= 0.3 is 0 Å². The normalized spacial score (nSPS) is 16.5. The number of rotatable bonds is 2. The van der Waals surface area contributed by atoms with Gasteiger partial charge in [-0.15, -0.1) is 0 Å². The predicted molar refractivity (Wildman–Crippen MR) is 126 cm³/mol. The van der Waals surface area contributed by atoms with Gasteiger partial charge in [0.2, 0.25) is 0 Å². The van der Waals surface area contributed by atoms with Crippen LogP contribution in [-0.2, 0) is 25.8 Å². The molecule has 2 heteroatoms. The predicted octanol–water partition coefficient (Wildman–Crippen LogP) is 6.10. The summed E-state index contributed by atoms with van der Waals surface area (Å²) in [4.78, 5) is 2.47. The van der Waals surface area contributed by atoms with Crippen LogP contribution in [-0.4, -0.2) is 6.54 Å². The van der Waals surface area contributed by atoms with Crippen molar-refractivity contribution in [3.63, 3.8) is 0 Å². The van der Waals surface area contributed by atoms with Crippen LogP contribution in [0.3, 0.4) is 0 Å². The first kappa shape index (κ1) is 18.2. The highest BCUT2D eigenvalue weighted by atomic mass is 15.1. The van der Waals surface area contributed by atoms with Crippen molar-refractivity contribution < 1.29 is 0 Å². The van der Waals surface area contributed by atoms with Gasteiger partial charge < -0.3 is 4.90 Å². The molecule has 0 N–H and O–H groups in total. The molecule has 0 amide bonds. The third-order valence-electron chi connectivity index (χ3n) is 7.05. The Morgan fingerprint density at radius 1 is 0.806 bits per heavy atom. The number of hydrogen-bond donors (Lipinski definition) is 0. The van der Waals surface area contributed by atoms with E-state index < -0.39 is 0 Å². The molecule has 0 unspecified atom stereocenters. The van der Waals surface area contributed by atoms with E-state index in [1.54, 1.807) is 0 Å². The van der Waals surface area contributed by atoms with Crippen LogP contribution in [0.2, 0.25) is 0 Å². The Labute approximate surface area is 183 Å². The second-order valence-electron chi connectivity index (χ2n) is 8.72. The van der Waals surface area contributed by atoms with E-state index in [1.807, 2.05) is 0 Å². The first-order chi connectivity index (χ1) is 15.3. The highest BCUT2D eigenvalue weighted by molar-refractivity contribution is 5.84. The smallest absolute Gasteiger partial charge is 0.102 e. The summed E-state index contributed by atoms with van der Waals surface area (Å²) in [5.41, 5.74) is 11.4. The summed E-state index contributed by atoms with van der Waals surface area (Å²) in [6.45, 7) is 1.83. The van der Waals surface area contributed by atoms with E-state index in [2.05, 4.69) is 89.9 Å². The lowest BCUT2D eigenvalue weighted by Crippen LogP contribution is -2.32. The summed E-state index contributed by atoms with van der Waals surface area (Å²) in [7, 11) is 0. The number of anilines is 1. The highest BCUT2D eigenvalue weighted by Crippen LogP contribution is 2.45. The van der Waals surface area contributed by atoms with E-state index >= 15 is 0 Å². The van der Waals surface area contributed by atoms with Crippen LogP contribution in [0.25, 0.3) is 11.1 Å². The van der Waals surface area contributed by atoms with Crippen molar-refractivity contribution in [3.05, 3.63) is 112 Å². The van der Waals surface area contributed by atoms with E-state index in [-0.39, 0.29) is 5.92 Å². The number of aryl methyl sites for hydroxylation is 1. The maximum Gasteiger partial charge on any atom is 0.102 e. The molecule has 0 radical (unpaired) electrons. The maximum absolute atomic E-state index is 10.4. The molecule has 2 nitrogen and oxygen atoms in total. The third kappa shape index (κ3) is 2.93. The molecule has 0 saturated carbocycles. The molecule has 150 valence electrons. The Balaban J connectivity index is 1.59. The lowest BCUT2D eigenvalue weighted by Gasteiger charge is -2.36. The Morgan fingerprint density at radius 2 is 1.55 bits per heavy atom. The number of nitrogens with zero attached hydrogens (tertiary/aromatic N) is 2. The van der Waals surface area contributed by atoms with Crippen molar-refractivity contribution in [1.82, 2.24) is 0 Å². The van der Waals surface area contributed by atoms with Gasteiger partial charge in [0.1, 0.15) is 6.07 Å². The molecular weight excluding hydrogens is 376 g/mol. The van der Waals surface area contributed by atoms with E-state index in [9.17, 15) is 5.26 Å². The average molecular weight is 401 g/mol. The van der Waals surface area contributed by atoms with Gasteiger partial charge in [-0.1, -0.05) is 72.8 Å². The van der Waals surface area contributed by atoms with Crippen LogP contribution in [0.4, 0.5) is 5.69 Å². The quantitative estimate of drug-likeness (QED) is 0.520. The van der Waals surface area contributed by atoms with Crippen LogP contribution >= 0.6 is 0 Å². The molecule has 0 spiro atoms. The van der Waals surface area contributed by atoms with Crippen molar-refractivity contribution in [2.45, 2.75) is 31.7 Å². The molecule has 1 aliphatic heterocycles. The Kier molecular flexibility index (Phi) is 4.28. The van der Waals surface area contributed by atoms with Crippen molar-refractivity contribution in [3.8, 4) is 17.2 Å². The number of benzene rings is 3. The van der Waals surface area contributed by atoms with Crippen LogP contribution in [0, 0.1) is 11.3 Å². The molecule has 0 bridgehead atoms. The molecule has 31 heavy (non-hydrogen) atoms. The van der Waals surface area contributed by atoms with Gasteiger partial charge in [-0.2, -0.15) is 5.26 Å². The lowest BCUT2D eigenvalue weighted by molar-refractivity contribution is 0.723. The van der Waals surface area contributed by atoms with Crippen LogP contribution < -0.4 is 4.90 Å². The standard InChI is InChI=1S/C29H24N2/c30-18-28-26(21-8-2-3-9-21)17-27-24-12-6-5-10-22(24)13-14-25(27)29(28)31-16-15-20-7-1-4-11-23(20)19-31/h1-12,17,21H,13-16,19H2. The zero-order valence-corrected chi connectivity index (χ0v) is 17.5. The van der Waals surface area contributed by atoms with Crippen molar-refractivity contribution in [2.24, 2.45) is 0 Å². The SMILES string of the molecule is N#Cc1c(C2C=CC=C2)cc2c(c1N1CCc3ccccc3C1)CCc1ccccc1-2. The van der Waals surface area contributed by atoms with E-state index in [4.69, 9.17) is 0 Å². The highest BCUT2D eigenvalue weighted by Gasteiger charge is 2.29. The maximum atomic E-state index is 10.4. The van der Waals surface area contributed by atoms with Gasteiger partial charge in [0.15, 0.2) is 0 Å². The van der Waals surface area contributed by atoms with E-state index in [0.717, 1.165) is 43.5 Å².